The molecule has 0 radical (unpaired) electrons. The van der Waals surface area contributed by atoms with Gasteiger partial charge in [-0.2, -0.15) is 0 Å². The fraction of sp³-hybridized carbons (Fsp3) is 0.417. The number of halogens is 1. The van der Waals surface area contributed by atoms with Gasteiger partial charge in [0, 0.05) is 10.5 Å². The third-order valence-corrected chi connectivity index (χ3v) is 3.61. The van der Waals surface area contributed by atoms with Crippen LogP contribution in [-0.2, 0) is 0 Å². The highest BCUT2D eigenvalue weighted by atomic mass is 79.9. The summed E-state index contributed by atoms with van der Waals surface area (Å²) >= 11 is 3.40. The second-order valence-corrected chi connectivity index (χ2v) is 4.95. The van der Waals surface area contributed by atoms with E-state index in [1.165, 1.54) is 12.8 Å². The SMILES string of the molecule is O=C(O)c1cccc(Br)c1NC1CCCC1. The van der Waals surface area contributed by atoms with E-state index in [4.69, 9.17) is 5.11 Å². The first kappa shape index (κ1) is 11.5. The van der Waals surface area contributed by atoms with Gasteiger partial charge in [0.25, 0.3) is 0 Å². The van der Waals surface area contributed by atoms with Gasteiger partial charge in [-0.1, -0.05) is 18.9 Å². The van der Waals surface area contributed by atoms with Crippen molar-refractivity contribution in [3.8, 4) is 0 Å². The number of anilines is 1. The topological polar surface area (TPSA) is 49.3 Å². The van der Waals surface area contributed by atoms with Crippen LogP contribution >= 0.6 is 15.9 Å². The lowest BCUT2D eigenvalue weighted by Crippen LogP contribution is -2.17. The Bertz CT molecular complexity index is 400. The molecule has 2 rings (SSSR count). The van der Waals surface area contributed by atoms with Crippen molar-refractivity contribution in [1.29, 1.82) is 0 Å². The third kappa shape index (κ3) is 2.38. The van der Waals surface area contributed by atoms with Crippen LogP contribution < -0.4 is 5.32 Å². The maximum absolute atomic E-state index is 11.1. The molecule has 1 aromatic carbocycles. The highest BCUT2D eigenvalue weighted by Crippen LogP contribution is 2.30. The minimum Gasteiger partial charge on any atom is -0.478 e. The van der Waals surface area contributed by atoms with Crippen molar-refractivity contribution in [2.45, 2.75) is 31.7 Å². The molecule has 0 amide bonds. The van der Waals surface area contributed by atoms with Gasteiger partial charge in [-0.25, -0.2) is 4.79 Å². The molecular formula is C12H14BrNO2. The molecule has 1 aliphatic rings. The minimum atomic E-state index is -0.887. The van der Waals surface area contributed by atoms with Gasteiger partial charge in [-0.05, 0) is 40.9 Å². The van der Waals surface area contributed by atoms with E-state index in [0.717, 1.165) is 17.3 Å². The first-order valence-corrected chi connectivity index (χ1v) is 6.26. The van der Waals surface area contributed by atoms with Crippen LogP contribution in [0.3, 0.4) is 0 Å². The Morgan fingerprint density at radius 2 is 2.06 bits per heavy atom. The van der Waals surface area contributed by atoms with Crippen LogP contribution in [0.1, 0.15) is 36.0 Å². The predicted molar refractivity (Wildman–Crippen MR) is 67.0 cm³/mol. The lowest BCUT2D eigenvalue weighted by atomic mass is 10.1. The van der Waals surface area contributed by atoms with Crippen molar-refractivity contribution in [3.63, 3.8) is 0 Å². The number of carboxylic acid groups (broad SMARTS) is 1. The molecule has 1 aromatic rings. The number of carbonyl (C=O) groups is 1. The molecule has 0 aromatic heterocycles. The van der Waals surface area contributed by atoms with Gasteiger partial charge in [0.15, 0.2) is 0 Å². The Labute approximate surface area is 103 Å². The van der Waals surface area contributed by atoms with Gasteiger partial charge in [0.1, 0.15) is 0 Å². The van der Waals surface area contributed by atoms with E-state index in [2.05, 4.69) is 21.2 Å². The molecule has 0 saturated heterocycles. The van der Waals surface area contributed by atoms with Crippen LogP contribution in [0.5, 0.6) is 0 Å². The van der Waals surface area contributed by atoms with Crippen LogP contribution in [0.2, 0.25) is 0 Å². The number of carboxylic acids is 1. The van der Waals surface area contributed by atoms with Gasteiger partial charge in [-0.3, -0.25) is 0 Å². The number of rotatable bonds is 3. The summed E-state index contributed by atoms with van der Waals surface area (Å²) in [5.74, 6) is -0.887. The molecule has 16 heavy (non-hydrogen) atoms. The fourth-order valence-corrected chi connectivity index (χ4v) is 2.60. The zero-order valence-corrected chi connectivity index (χ0v) is 10.5. The molecule has 0 unspecified atom stereocenters. The molecule has 0 atom stereocenters. The van der Waals surface area contributed by atoms with E-state index >= 15 is 0 Å². The van der Waals surface area contributed by atoms with Crippen LogP contribution in [-0.4, -0.2) is 17.1 Å². The summed E-state index contributed by atoms with van der Waals surface area (Å²) < 4.78 is 0.819. The Balaban J connectivity index is 2.26. The van der Waals surface area contributed by atoms with Crippen molar-refractivity contribution in [2.75, 3.05) is 5.32 Å². The van der Waals surface area contributed by atoms with Gasteiger partial charge in [0.05, 0.1) is 11.3 Å². The Morgan fingerprint density at radius 1 is 1.38 bits per heavy atom. The third-order valence-electron chi connectivity index (χ3n) is 2.95. The summed E-state index contributed by atoms with van der Waals surface area (Å²) in [5, 5.41) is 12.4. The summed E-state index contributed by atoms with van der Waals surface area (Å²) in [6, 6.07) is 5.65. The number of para-hydroxylation sites is 1. The highest BCUT2D eigenvalue weighted by Gasteiger charge is 2.19. The second kappa shape index (κ2) is 4.87. The van der Waals surface area contributed by atoms with E-state index in [1.807, 2.05) is 6.07 Å². The molecule has 4 heteroatoms. The van der Waals surface area contributed by atoms with E-state index in [-0.39, 0.29) is 0 Å². The van der Waals surface area contributed by atoms with Gasteiger partial charge < -0.3 is 10.4 Å². The molecule has 0 aliphatic heterocycles. The summed E-state index contributed by atoms with van der Waals surface area (Å²) in [5.41, 5.74) is 1.04. The monoisotopic (exact) mass is 283 g/mol. The standard InChI is InChI=1S/C12H14BrNO2/c13-10-7-3-6-9(12(15)16)11(10)14-8-4-1-2-5-8/h3,6-8,14H,1-2,4-5H2,(H,15,16). The van der Waals surface area contributed by atoms with Crippen LogP contribution in [0, 0.1) is 0 Å². The normalized spacial score (nSPS) is 16.3. The number of hydrogen-bond acceptors (Lipinski definition) is 2. The fourth-order valence-electron chi connectivity index (χ4n) is 2.12. The molecule has 0 spiro atoms. The molecule has 0 heterocycles. The quantitative estimate of drug-likeness (QED) is 0.893. The van der Waals surface area contributed by atoms with E-state index in [9.17, 15) is 4.79 Å². The van der Waals surface area contributed by atoms with Crippen molar-refractivity contribution in [2.24, 2.45) is 0 Å². The number of benzene rings is 1. The lowest BCUT2D eigenvalue weighted by molar-refractivity contribution is 0.0698. The van der Waals surface area contributed by atoms with E-state index < -0.39 is 5.97 Å². The molecule has 1 saturated carbocycles. The second-order valence-electron chi connectivity index (χ2n) is 4.09. The maximum Gasteiger partial charge on any atom is 0.337 e. The molecule has 2 N–H and O–H groups in total. The Morgan fingerprint density at radius 3 is 2.69 bits per heavy atom. The lowest BCUT2D eigenvalue weighted by Gasteiger charge is -2.16. The number of aromatic carboxylic acids is 1. The van der Waals surface area contributed by atoms with Crippen molar-refractivity contribution in [1.82, 2.24) is 0 Å². The Kier molecular flexibility index (Phi) is 3.49. The van der Waals surface area contributed by atoms with Crippen molar-refractivity contribution >= 4 is 27.6 Å². The van der Waals surface area contributed by atoms with Crippen LogP contribution in [0.25, 0.3) is 0 Å². The molecule has 1 fully saturated rings. The van der Waals surface area contributed by atoms with Crippen LogP contribution in [0.15, 0.2) is 22.7 Å². The van der Waals surface area contributed by atoms with Gasteiger partial charge >= 0.3 is 5.97 Å². The van der Waals surface area contributed by atoms with Crippen LogP contribution in [0.4, 0.5) is 5.69 Å². The van der Waals surface area contributed by atoms with Crippen molar-refractivity contribution in [3.05, 3.63) is 28.2 Å². The van der Waals surface area contributed by atoms with Crippen molar-refractivity contribution < 1.29 is 9.90 Å². The Hall–Kier alpha value is -1.03. The number of hydrogen-bond donors (Lipinski definition) is 2. The summed E-state index contributed by atoms with van der Waals surface area (Å²) in [7, 11) is 0. The summed E-state index contributed by atoms with van der Waals surface area (Å²) in [6.07, 6.45) is 4.70. The smallest absolute Gasteiger partial charge is 0.337 e. The molecule has 86 valence electrons. The van der Waals surface area contributed by atoms with Gasteiger partial charge in [0.2, 0.25) is 0 Å². The molecule has 0 bridgehead atoms. The van der Waals surface area contributed by atoms with Gasteiger partial charge in [-0.15, -0.1) is 0 Å². The summed E-state index contributed by atoms with van der Waals surface area (Å²) in [4.78, 5) is 11.1. The first-order valence-electron chi connectivity index (χ1n) is 5.47. The zero-order valence-electron chi connectivity index (χ0n) is 8.87. The minimum absolute atomic E-state index is 0.335. The molecular weight excluding hydrogens is 270 g/mol. The van der Waals surface area contributed by atoms with E-state index in [1.54, 1.807) is 12.1 Å². The van der Waals surface area contributed by atoms with E-state index in [0.29, 0.717) is 17.3 Å². The molecule has 3 nitrogen and oxygen atoms in total. The number of nitrogens with one attached hydrogen (secondary N) is 1. The summed E-state index contributed by atoms with van der Waals surface area (Å²) in [6.45, 7) is 0. The average Bonchev–Trinajstić information content (AvgIpc) is 2.73. The largest absolute Gasteiger partial charge is 0.478 e. The first-order chi connectivity index (χ1) is 7.68. The molecule has 1 aliphatic carbocycles. The maximum atomic E-state index is 11.1. The predicted octanol–water partition coefficient (Wildman–Crippen LogP) is 3.50. The average molecular weight is 284 g/mol. The highest BCUT2D eigenvalue weighted by molar-refractivity contribution is 9.10. The zero-order chi connectivity index (χ0) is 11.5.